The Morgan fingerprint density at radius 2 is 2.19 bits per heavy atom. The van der Waals surface area contributed by atoms with E-state index in [1.165, 1.54) is 17.1 Å². The molecule has 7 heteroatoms. The quantitative estimate of drug-likeness (QED) is 0.715. The Balaban J connectivity index is 2.53. The van der Waals surface area contributed by atoms with E-state index in [0.29, 0.717) is 17.1 Å². The summed E-state index contributed by atoms with van der Waals surface area (Å²) in [7, 11) is 0. The summed E-state index contributed by atoms with van der Waals surface area (Å²) in [5.41, 5.74) is 11.6. The summed E-state index contributed by atoms with van der Waals surface area (Å²) in [4.78, 5) is 19.0. The van der Waals surface area contributed by atoms with Crippen molar-refractivity contribution >= 4 is 11.9 Å². The zero-order chi connectivity index (χ0) is 11.7. The fourth-order valence-electron chi connectivity index (χ4n) is 1.30. The zero-order valence-corrected chi connectivity index (χ0v) is 8.58. The summed E-state index contributed by atoms with van der Waals surface area (Å²) in [6.07, 6.45) is 1.42. The first kappa shape index (κ1) is 10.1. The summed E-state index contributed by atoms with van der Waals surface area (Å²) in [5.74, 6) is 0.0850. The highest BCUT2D eigenvalue weighted by molar-refractivity contribution is 5.93. The number of hydrogen-bond acceptors (Lipinski definition) is 5. The third-order valence-corrected chi connectivity index (χ3v) is 1.97. The van der Waals surface area contributed by atoms with Crippen LogP contribution in [-0.4, -0.2) is 25.7 Å². The lowest BCUT2D eigenvalue weighted by Crippen LogP contribution is -2.13. The molecule has 0 fully saturated rings. The number of primary amides is 1. The van der Waals surface area contributed by atoms with Crippen molar-refractivity contribution in [3.8, 4) is 5.82 Å². The van der Waals surface area contributed by atoms with Crippen LogP contribution >= 0.6 is 0 Å². The van der Waals surface area contributed by atoms with E-state index in [1.807, 2.05) is 0 Å². The van der Waals surface area contributed by atoms with Gasteiger partial charge in [-0.05, 0) is 19.1 Å². The minimum atomic E-state index is -0.514. The Morgan fingerprint density at radius 1 is 1.44 bits per heavy atom. The van der Waals surface area contributed by atoms with Crippen molar-refractivity contribution in [2.75, 3.05) is 5.73 Å². The highest BCUT2D eigenvalue weighted by Gasteiger charge is 2.07. The monoisotopic (exact) mass is 218 g/mol. The highest BCUT2D eigenvalue weighted by Crippen LogP contribution is 2.09. The van der Waals surface area contributed by atoms with Gasteiger partial charge in [0.25, 0.3) is 0 Å². The smallest absolute Gasteiger partial charge is 0.248 e. The molecule has 1 amide bonds. The molecule has 0 aliphatic rings. The van der Waals surface area contributed by atoms with Gasteiger partial charge in [0.15, 0.2) is 5.82 Å². The minimum Gasteiger partial charge on any atom is -0.366 e. The van der Waals surface area contributed by atoms with Gasteiger partial charge in [-0.2, -0.15) is 0 Å². The van der Waals surface area contributed by atoms with Crippen molar-refractivity contribution in [3.63, 3.8) is 0 Å². The Bertz CT molecular complexity index is 547. The number of pyridine rings is 1. The van der Waals surface area contributed by atoms with Crippen LogP contribution in [0.5, 0.6) is 0 Å². The average molecular weight is 218 g/mol. The first-order valence-electron chi connectivity index (χ1n) is 4.52. The summed E-state index contributed by atoms with van der Waals surface area (Å²) in [5, 5.41) is 3.89. The Labute approximate surface area is 91.1 Å². The number of nitrogen functional groups attached to an aromatic ring is 1. The van der Waals surface area contributed by atoms with E-state index in [9.17, 15) is 4.79 Å². The van der Waals surface area contributed by atoms with Gasteiger partial charge in [0.05, 0.1) is 0 Å². The molecule has 0 spiro atoms. The lowest BCUT2D eigenvalue weighted by atomic mass is 10.2. The lowest BCUT2D eigenvalue weighted by molar-refractivity contribution is 0.1000. The van der Waals surface area contributed by atoms with Gasteiger partial charge in [-0.25, -0.2) is 14.6 Å². The van der Waals surface area contributed by atoms with Gasteiger partial charge in [-0.1, -0.05) is 0 Å². The molecule has 0 aliphatic carbocycles. The number of aromatic nitrogens is 4. The van der Waals surface area contributed by atoms with Crippen LogP contribution in [0, 0.1) is 6.92 Å². The average Bonchev–Trinajstić information content (AvgIpc) is 2.64. The molecule has 0 aromatic carbocycles. The number of amides is 1. The van der Waals surface area contributed by atoms with E-state index in [4.69, 9.17) is 11.5 Å². The van der Waals surface area contributed by atoms with Crippen molar-refractivity contribution in [1.82, 2.24) is 19.7 Å². The van der Waals surface area contributed by atoms with Crippen LogP contribution < -0.4 is 11.5 Å². The zero-order valence-electron chi connectivity index (χ0n) is 8.58. The standard InChI is InChI=1S/C9H10N6O/c1-5-2-6(8(10)16)3-7(13-5)15-4-12-9(11)14-15/h2-4H,1H3,(H2,10,16)(H2,11,14). The fraction of sp³-hybridized carbons (Fsp3) is 0.111. The first-order valence-corrected chi connectivity index (χ1v) is 4.52. The number of anilines is 1. The number of nitrogens with two attached hydrogens (primary N) is 2. The van der Waals surface area contributed by atoms with Crippen LogP contribution in [0.1, 0.15) is 16.1 Å². The van der Waals surface area contributed by atoms with E-state index in [0.717, 1.165) is 0 Å². The molecule has 2 aromatic rings. The van der Waals surface area contributed by atoms with Gasteiger partial charge >= 0.3 is 0 Å². The van der Waals surface area contributed by atoms with Crippen LogP contribution in [0.25, 0.3) is 5.82 Å². The molecule has 2 aromatic heterocycles. The van der Waals surface area contributed by atoms with Crippen LogP contribution in [0.4, 0.5) is 5.95 Å². The maximum atomic E-state index is 11.1. The maximum Gasteiger partial charge on any atom is 0.248 e. The second-order valence-corrected chi connectivity index (χ2v) is 3.27. The van der Waals surface area contributed by atoms with E-state index < -0.39 is 5.91 Å². The van der Waals surface area contributed by atoms with Crippen molar-refractivity contribution in [1.29, 1.82) is 0 Å². The molecule has 0 saturated carbocycles. The maximum absolute atomic E-state index is 11.1. The number of hydrogen-bond donors (Lipinski definition) is 2. The van der Waals surface area contributed by atoms with E-state index in [1.54, 1.807) is 13.0 Å². The van der Waals surface area contributed by atoms with Gasteiger partial charge in [-0.3, -0.25) is 4.79 Å². The van der Waals surface area contributed by atoms with E-state index in [-0.39, 0.29) is 5.95 Å². The summed E-state index contributed by atoms with van der Waals surface area (Å²) in [6.45, 7) is 1.76. The predicted octanol–water partition coefficient (Wildman–Crippen LogP) is -0.348. The van der Waals surface area contributed by atoms with Crippen molar-refractivity contribution in [2.24, 2.45) is 5.73 Å². The van der Waals surface area contributed by atoms with E-state index in [2.05, 4.69) is 15.1 Å². The van der Waals surface area contributed by atoms with Crippen molar-refractivity contribution < 1.29 is 4.79 Å². The summed E-state index contributed by atoms with van der Waals surface area (Å²) < 4.78 is 1.38. The van der Waals surface area contributed by atoms with Gasteiger partial charge in [0.2, 0.25) is 11.9 Å². The molecule has 0 atom stereocenters. The number of rotatable bonds is 2. The van der Waals surface area contributed by atoms with Gasteiger partial charge in [0, 0.05) is 11.3 Å². The number of carbonyl (C=O) groups is 1. The molecule has 0 unspecified atom stereocenters. The summed E-state index contributed by atoms with van der Waals surface area (Å²) in [6, 6.07) is 3.13. The number of aryl methyl sites for hydroxylation is 1. The van der Waals surface area contributed by atoms with Crippen molar-refractivity contribution in [3.05, 3.63) is 29.7 Å². The normalized spacial score (nSPS) is 10.3. The molecule has 82 valence electrons. The molecule has 0 bridgehead atoms. The molecule has 16 heavy (non-hydrogen) atoms. The highest BCUT2D eigenvalue weighted by atomic mass is 16.1. The van der Waals surface area contributed by atoms with Crippen LogP contribution in [-0.2, 0) is 0 Å². The second kappa shape index (κ2) is 3.61. The molecule has 2 heterocycles. The van der Waals surface area contributed by atoms with E-state index >= 15 is 0 Å². The molecule has 0 saturated heterocycles. The first-order chi connectivity index (χ1) is 7.56. The van der Waals surface area contributed by atoms with Gasteiger partial charge in [-0.15, -0.1) is 5.10 Å². The third kappa shape index (κ3) is 1.83. The third-order valence-electron chi connectivity index (χ3n) is 1.97. The largest absolute Gasteiger partial charge is 0.366 e. The molecule has 7 nitrogen and oxygen atoms in total. The number of carbonyl (C=O) groups excluding carboxylic acids is 1. The molecule has 2 rings (SSSR count). The summed E-state index contributed by atoms with van der Waals surface area (Å²) >= 11 is 0. The minimum absolute atomic E-state index is 0.143. The van der Waals surface area contributed by atoms with Gasteiger partial charge in [0.1, 0.15) is 6.33 Å². The van der Waals surface area contributed by atoms with Crippen LogP contribution in [0.3, 0.4) is 0 Å². The van der Waals surface area contributed by atoms with Crippen LogP contribution in [0.2, 0.25) is 0 Å². The topological polar surface area (TPSA) is 113 Å². The van der Waals surface area contributed by atoms with Crippen LogP contribution in [0.15, 0.2) is 18.5 Å². The predicted molar refractivity (Wildman–Crippen MR) is 56.8 cm³/mol. The second-order valence-electron chi connectivity index (χ2n) is 3.27. The molecule has 4 N–H and O–H groups in total. The number of nitrogens with zero attached hydrogens (tertiary/aromatic N) is 4. The lowest BCUT2D eigenvalue weighted by Gasteiger charge is -2.03. The Morgan fingerprint density at radius 3 is 2.75 bits per heavy atom. The molecule has 0 aliphatic heterocycles. The fourth-order valence-corrected chi connectivity index (χ4v) is 1.30. The van der Waals surface area contributed by atoms with Gasteiger partial charge < -0.3 is 11.5 Å². The molecular formula is C9H10N6O. The Hall–Kier alpha value is -2.44. The Kier molecular flexibility index (Phi) is 2.28. The molecule has 0 radical (unpaired) electrons. The van der Waals surface area contributed by atoms with Crippen molar-refractivity contribution in [2.45, 2.75) is 6.92 Å². The molecular weight excluding hydrogens is 208 g/mol. The SMILES string of the molecule is Cc1cc(C(N)=O)cc(-n2cnc(N)n2)n1.